The zero-order valence-electron chi connectivity index (χ0n) is 12.1. The number of ether oxygens (including phenoxy) is 1. The van der Waals surface area contributed by atoms with Gasteiger partial charge in [0, 0.05) is 11.1 Å². The number of aliphatic hydroxyl groups excluding tert-OH is 1. The molecule has 1 heterocycles. The van der Waals surface area contributed by atoms with Gasteiger partial charge in [-0.25, -0.2) is 0 Å². The third-order valence-corrected chi connectivity index (χ3v) is 3.05. The van der Waals surface area contributed by atoms with E-state index in [0.717, 1.165) is 11.1 Å². The second-order valence-electron chi connectivity index (χ2n) is 4.97. The van der Waals surface area contributed by atoms with E-state index in [1.54, 1.807) is 6.92 Å². The van der Waals surface area contributed by atoms with E-state index in [2.05, 4.69) is 10.1 Å². The quantitative estimate of drug-likeness (QED) is 0.783. The van der Waals surface area contributed by atoms with Crippen molar-refractivity contribution in [2.24, 2.45) is 0 Å². The molecule has 0 saturated carbocycles. The van der Waals surface area contributed by atoms with Gasteiger partial charge in [0.05, 0.1) is 6.10 Å². The van der Waals surface area contributed by atoms with Crippen LogP contribution in [0.15, 0.2) is 59.1 Å². The second-order valence-corrected chi connectivity index (χ2v) is 4.97. The molecule has 0 amide bonds. The van der Waals surface area contributed by atoms with Gasteiger partial charge in [-0.2, -0.15) is 4.98 Å². The molecule has 1 unspecified atom stereocenters. The van der Waals surface area contributed by atoms with E-state index >= 15 is 0 Å². The van der Waals surface area contributed by atoms with E-state index in [1.807, 2.05) is 54.6 Å². The molecule has 3 rings (SSSR count). The maximum absolute atomic E-state index is 9.20. The van der Waals surface area contributed by atoms with Crippen molar-refractivity contribution in [2.45, 2.75) is 13.0 Å². The van der Waals surface area contributed by atoms with Crippen LogP contribution in [-0.4, -0.2) is 28.0 Å². The van der Waals surface area contributed by atoms with Crippen molar-refractivity contribution in [2.75, 3.05) is 6.61 Å². The number of aromatic nitrogens is 2. The van der Waals surface area contributed by atoms with Crippen LogP contribution in [0.25, 0.3) is 22.8 Å². The molecule has 1 atom stereocenters. The summed E-state index contributed by atoms with van der Waals surface area (Å²) >= 11 is 0. The Balaban J connectivity index is 1.76. The number of nitrogens with zero attached hydrogens (tertiary/aromatic N) is 2. The molecule has 0 fully saturated rings. The Bertz CT molecular complexity index is 721. The number of rotatable bonds is 5. The van der Waals surface area contributed by atoms with Crippen molar-refractivity contribution >= 4 is 0 Å². The molecule has 3 aromatic rings. The molecule has 5 heteroatoms. The highest BCUT2D eigenvalue weighted by atomic mass is 16.5. The highest BCUT2D eigenvalue weighted by molar-refractivity contribution is 5.60. The molecule has 1 N–H and O–H groups in total. The molecular formula is C17H16N2O3. The number of hydrogen-bond donors (Lipinski definition) is 1. The van der Waals surface area contributed by atoms with Crippen LogP contribution < -0.4 is 4.74 Å². The lowest BCUT2D eigenvalue weighted by Crippen LogP contribution is -2.12. The first kappa shape index (κ1) is 14.3. The molecule has 5 nitrogen and oxygen atoms in total. The standard InChI is InChI=1S/C17H16N2O3/c1-12(20)11-21-15-9-7-13(8-10-15)16-18-17(22-19-16)14-5-3-2-4-6-14/h2-10,12,20H,11H2,1H3. The second kappa shape index (κ2) is 6.41. The van der Waals surface area contributed by atoms with Crippen molar-refractivity contribution < 1.29 is 14.4 Å². The summed E-state index contributed by atoms with van der Waals surface area (Å²) in [4.78, 5) is 4.40. The van der Waals surface area contributed by atoms with Crippen molar-refractivity contribution in [3.63, 3.8) is 0 Å². The lowest BCUT2D eigenvalue weighted by molar-refractivity contribution is 0.123. The fourth-order valence-corrected chi connectivity index (χ4v) is 1.96. The van der Waals surface area contributed by atoms with Crippen LogP contribution in [0.3, 0.4) is 0 Å². The fourth-order valence-electron chi connectivity index (χ4n) is 1.96. The van der Waals surface area contributed by atoms with Crippen molar-refractivity contribution in [1.82, 2.24) is 10.1 Å². The maximum Gasteiger partial charge on any atom is 0.258 e. The smallest absolute Gasteiger partial charge is 0.258 e. The first-order chi connectivity index (χ1) is 10.7. The zero-order valence-corrected chi connectivity index (χ0v) is 12.1. The van der Waals surface area contributed by atoms with Crippen LogP contribution in [0.2, 0.25) is 0 Å². The SMILES string of the molecule is CC(O)COc1ccc(-c2noc(-c3ccccc3)n2)cc1. The normalized spacial score (nSPS) is 12.1. The summed E-state index contributed by atoms with van der Waals surface area (Å²) < 4.78 is 10.7. The molecule has 0 aliphatic rings. The predicted octanol–water partition coefficient (Wildman–Crippen LogP) is 3.16. The van der Waals surface area contributed by atoms with Gasteiger partial charge in [0.25, 0.3) is 5.89 Å². The van der Waals surface area contributed by atoms with Crippen LogP contribution >= 0.6 is 0 Å². The average Bonchev–Trinajstić information content (AvgIpc) is 3.04. The summed E-state index contributed by atoms with van der Waals surface area (Å²) in [6, 6.07) is 17.0. The number of hydrogen-bond acceptors (Lipinski definition) is 5. The Morgan fingerprint density at radius 3 is 2.45 bits per heavy atom. The Morgan fingerprint density at radius 2 is 1.77 bits per heavy atom. The first-order valence-corrected chi connectivity index (χ1v) is 7.03. The van der Waals surface area contributed by atoms with Crippen LogP contribution in [0, 0.1) is 0 Å². The lowest BCUT2D eigenvalue weighted by Gasteiger charge is -2.07. The fraction of sp³-hybridized carbons (Fsp3) is 0.176. The highest BCUT2D eigenvalue weighted by Crippen LogP contribution is 2.23. The van der Waals surface area contributed by atoms with E-state index in [4.69, 9.17) is 9.26 Å². The van der Waals surface area contributed by atoms with E-state index in [1.165, 1.54) is 0 Å². The Kier molecular flexibility index (Phi) is 4.16. The molecule has 112 valence electrons. The van der Waals surface area contributed by atoms with E-state index in [9.17, 15) is 5.11 Å². The number of benzene rings is 2. The van der Waals surface area contributed by atoms with Gasteiger partial charge < -0.3 is 14.4 Å². The molecule has 0 radical (unpaired) electrons. The van der Waals surface area contributed by atoms with Gasteiger partial charge in [-0.3, -0.25) is 0 Å². The van der Waals surface area contributed by atoms with E-state index in [-0.39, 0.29) is 6.61 Å². The van der Waals surface area contributed by atoms with Gasteiger partial charge in [0.1, 0.15) is 12.4 Å². The third-order valence-electron chi connectivity index (χ3n) is 3.05. The van der Waals surface area contributed by atoms with Gasteiger partial charge in [0.2, 0.25) is 5.82 Å². The molecule has 0 aliphatic heterocycles. The first-order valence-electron chi connectivity index (χ1n) is 7.03. The van der Waals surface area contributed by atoms with Gasteiger partial charge in [0.15, 0.2) is 0 Å². The Hall–Kier alpha value is -2.66. The van der Waals surface area contributed by atoms with Gasteiger partial charge >= 0.3 is 0 Å². The van der Waals surface area contributed by atoms with Crippen LogP contribution in [-0.2, 0) is 0 Å². The van der Waals surface area contributed by atoms with Crippen molar-refractivity contribution in [1.29, 1.82) is 0 Å². The van der Waals surface area contributed by atoms with Crippen LogP contribution in [0.4, 0.5) is 0 Å². The van der Waals surface area contributed by atoms with Crippen LogP contribution in [0.1, 0.15) is 6.92 Å². The predicted molar refractivity (Wildman–Crippen MR) is 82.3 cm³/mol. The molecule has 0 aliphatic carbocycles. The summed E-state index contributed by atoms with van der Waals surface area (Å²) in [6.45, 7) is 1.94. The van der Waals surface area contributed by atoms with Gasteiger partial charge in [-0.15, -0.1) is 0 Å². The Morgan fingerprint density at radius 1 is 1.05 bits per heavy atom. The molecule has 2 aromatic carbocycles. The summed E-state index contributed by atoms with van der Waals surface area (Å²) in [5.74, 6) is 1.71. The molecular weight excluding hydrogens is 280 g/mol. The minimum absolute atomic E-state index is 0.264. The summed E-state index contributed by atoms with van der Waals surface area (Å²) in [5, 5.41) is 13.2. The Labute approximate surface area is 128 Å². The largest absolute Gasteiger partial charge is 0.491 e. The van der Waals surface area contributed by atoms with Crippen molar-refractivity contribution in [3.05, 3.63) is 54.6 Å². The lowest BCUT2D eigenvalue weighted by atomic mass is 10.2. The highest BCUT2D eigenvalue weighted by Gasteiger charge is 2.10. The van der Waals surface area contributed by atoms with E-state index in [0.29, 0.717) is 17.5 Å². The maximum atomic E-state index is 9.20. The molecule has 1 aromatic heterocycles. The molecule has 0 saturated heterocycles. The average molecular weight is 296 g/mol. The van der Waals surface area contributed by atoms with Gasteiger partial charge in [-0.1, -0.05) is 23.4 Å². The zero-order chi connectivity index (χ0) is 15.4. The molecule has 0 bridgehead atoms. The molecule has 22 heavy (non-hydrogen) atoms. The number of aliphatic hydroxyl groups is 1. The van der Waals surface area contributed by atoms with Crippen LogP contribution in [0.5, 0.6) is 5.75 Å². The molecule has 0 spiro atoms. The monoisotopic (exact) mass is 296 g/mol. The van der Waals surface area contributed by atoms with E-state index < -0.39 is 6.10 Å². The topological polar surface area (TPSA) is 68.4 Å². The third kappa shape index (κ3) is 3.32. The summed E-state index contributed by atoms with van der Waals surface area (Å²) in [5.41, 5.74) is 1.73. The summed E-state index contributed by atoms with van der Waals surface area (Å²) in [6.07, 6.45) is -0.495. The summed E-state index contributed by atoms with van der Waals surface area (Å²) in [7, 11) is 0. The van der Waals surface area contributed by atoms with Crippen molar-refractivity contribution in [3.8, 4) is 28.6 Å². The minimum atomic E-state index is -0.495. The van der Waals surface area contributed by atoms with Gasteiger partial charge in [-0.05, 0) is 43.3 Å². The minimum Gasteiger partial charge on any atom is -0.491 e.